The second-order valence-electron chi connectivity index (χ2n) is 3.60. The average molecular weight is 238 g/mol. The van der Waals surface area contributed by atoms with Gasteiger partial charge in [-0.05, 0) is 17.7 Å². The second kappa shape index (κ2) is 4.32. The molecule has 17 heavy (non-hydrogen) atoms. The number of hydrogen-bond acceptors (Lipinski definition) is 4. The lowest BCUT2D eigenvalue weighted by Gasteiger charge is -2.10. The standard InChI is InChI=1S/C11H10O6/c12-10(13)4-7(11(14)15)6-1-2-8-9(3-6)17-5-16-8/h1-3,7H,4-5H2,(H,12,13)(H,14,15). The predicted molar refractivity (Wildman–Crippen MR) is 55.2 cm³/mol. The Morgan fingerprint density at radius 3 is 2.59 bits per heavy atom. The number of fused-ring (bicyclic) bond motifs is 1. The van der Waals surface area contributed by atoms with E-state index in [1.807, 2.05) is 0 Å². The summed E-state index contributed by atoms with van der Waals surface area (Å²) in [5.74, 6) is -2.43. The van der Waals surface area contributed by atoms with E-state index in [-0.39, 0.29) is 6.79 Å². The van der Waals surface area contributed by atoms with E-state index in [1.165, 1.54) is 12.1 Å². The van der Waals surface area contributed by atoms with Gasteiger partial charge in [-0.15, -0.1) is 0 Å². The summed E-state index contributed by atoms with van der Waals surface area (Å²) >= 11 is 0. The maximum absolute atomic E-state index is 11.0. The Kier molecular flexibility index (Phi) is 2.86. The van der Waals surface area contributed by atoms with Crippen molar-refractivity contribution in [1.82, 2.24) is 0 Å². The maximum atomic E-state index is 11.0. The number of rotatable bonds is 4. The molecule has 0 radical (unpaired) electrons. The van der Waals surface area contributed by atoms with Crippen LogP contribution >= 0.6 is 0 Å². The van der Waals surface area contributed by atoms with Crippen LogP contribution in [0.4, 0.5) is 0 Å². The summed E-state index contributed by atoms with van der Waals surface area (Å²) in [4.78, 5) is 21.6. The third kappa shape index (κ3) is 2.30. The van der Waals surface area contributed by atoms with E-state index >= 15 is 0 Å². The van der Waals surface area contributed by atoms with Crippen LogP contribution in [0.2, 0.25) is 0 Å². The molecule has 1 aromatic rings. The van der Waals surface area contributed by atoms with E-state index in [0.29, 0.717) is 17.1 Å². The number of carboxylic acids is 2. The normalized spacial score (nSPS) is 14.4. The highest BCUT2D eigenvalue weighted by molar-refractivity contribution is 5.82. The molecule has 1 atom stereocenters. The fraction of sp³-hybridized carbons (Fsp3) is 0.273. The van der Waals surface area contributed by atoms with E-state index < -0.39 is 24.3 Å². The number of hydrogen-bond donors (Lipinski definition) is 2. The van der Waals surface area contributed by atoms with Crippen LogP contribution in [0.3, 0.4) is 0 Å². The monoisotopic (exact) mass is 238 g/mol. The summed E-state index contributed by atoms with van der Waals surface area (Å²) in [7, 11) is 0. The van der Waals surface area contributed by atoms with Crippen LogP contribution in [0.1, 0.15) is 17.9 Å². The number of carbonyl (C=O) groups is 2. The Balaban J connectivity index is 2.30. The lowest BCUT2D eigenvalue weighted by atomic mass is 9.95. The van der Waals surface area contributed by atoms with Gasteiger partial charge >= 0.3 is 11.9 Å². The van der Waals surface area contributed by atoms with Gasteiger partial charge in [0.15, 0.2) is 11.5 Å². The fourth-order valence-electron chi connectivity index (χ4n) is 1.65. The van der Waals surface area contributed by atoms with Gasteiger partial charge in [0.2, 0.25) is 6.79 Å². The molecule has 6 heteroatoms. The Labute approximate surface area is 96.4 Å². The average Bonchev–Trinajstić information content (AvgIpc) is 2.72. The highest BCUT2D eigenvalue weighted by atomic mass is 16.7. The van der Waals surface area contributed by atoms with Crippen molar-refractivity contribution in [2.75, 3.05) is 6.79 Å². The summed E-state index contributed by atoms with van der Waals surface area (Å²) in [5.41, 5.74) is 0.393. The molecule has 0 amide bonds. The largest absolute Gasteiger partial charge is 0.481 e. The number of aliphatic carboxylic acids is 2. The Morgan fingerprint density at radius 2 is 1.94 bits per heavy atom. The van der Waals surface area contributed by atoms with Crippen LogP contribution in [-0.4, -0.2) is 28.9 Å². The third-order valence-electron chi connectivity index (χ3n) is 2.48. The molecule has 0 fully saturated rings. The second-order valence-corrected chi connectivity index (χ2v) is 3.60. The van der Waals surface area contributed by atoms with E-state index in [9.17, 15) is 9.59 Å². The van der Waals surface area contributed by atoms with Gasteiger partial charge in [-0.3, -0.25) is 9.59 Å². The van der Waals surface area contributed by atoms with Gasteiger partial charge in [0.05, 0.1) is 12.3 Å². The minimum atomic E-state index is -1.17. The van der Waals surface area contributed by atoms with E-state index in [2.05, 4.69) is 0 Å². The lowest BCUT2D eigenvalue weighted by molar-refractivity contribution is -0.145. The first-order valence-electron chi connectivity index (χ1n) is 4.92. The SMILES string of the molecule is O=C(O)CC(C(=O)O)c1ccc2c(c1)OCO2. The van der Waals surface area contributed by atoms with Gasteiger partial charge < -0.3 is 19.7 Å². The van der Waals surface area contributed by atoms with Crippen LogP contribution in [0, 0.1) is 0 Å². The van der Waals surface area contributed by atoms with Crippen LogP contribution in [-0.2, 0) is 9.59 Å². The van der Waals surface area contributed by atoms with Gasteiger partial charge in [0.25, 0.3) is 0 Å². The Bertz CT molecular complexity index is 467. The topological polar surface area (TPSA) is 93.1 Å². The van der Waals surface area contributed by atoms with Crippen molar-refractivity contribution in [1.29, 1.82) is 0 Å². The molecule has 0 bridgehead atoms. The van der Waals surface area contributed by atoms with Crippen molar-refractivity contribution in [2.45, 2.75) is 12.3 Å². The highest BCUT2D eigenvalue weighted by Crippen LogP contribution is 2.35. The molecule has 1 aliphatic rings. The van der Waals surface area contributed by atoms with Crippen LogP contribution in [0.25, 0.3) is 0 Å². The zero-order valence-electron chi connectivity index (χ0n) is 8.75. The molecule has 0 aliphatic carbocycles. The highest BCUT2D eigenvalue weighted by Gasteiger charge is 2.25. The molecular weight excluding hydrogens is 228 g/mol. The first-order chi connectivity index (χ1) is 8.08. The van der Waals surface area contributed by atoms with Gasteiger partial charge in [0, 0.05) is 0 Å². The summed E-state index contributed by atoms with van der Waals surface area (Å²) in [6.45, 7) is 0.0927. The molecule has 90 valence electrons. The van der Waals surface area contributed by atoms with Crippen LogP contribution in [0.5, 0.6) is 11.5 Å². The Hall–Kier alpha value is -2.24. The van der Waals surface area contributed by atoms with Crippen molar-refractivity contribution in [3.63, 3.8) is 0 Å². The summed E-state index contributed by atoms with van der Waals surface area (Å²) in [6.07, 6.45) is -0.463. The molecule has 1 aliphatic heterocycles. The molecule has 0 aromatic heterocycles. The smallest absolute Gasteiger partial charge is 0.311 e. The fourth-order valence-corrected chi connectivity index (χ4v) is 1.65. The number of ether oxygens (including phenoxy) is 2. The molecule has 0 spiro atoms. The number of benzene rings is 1. The van der Waals surface area contributed by atoms with Gasteiger partial charge in [0.1, 0.15) is 0 Å². The van der Waals surface area contributed by atoms with Crippen LogP contribution < -0.4 is 9.47 Å². The summed E-state index contributed by atoms with van der Waals surface area (Å²) in [5, 5.41) is 17.7. The van der Waals surface area contributed by atoms with Gasteiger partial charge in [-0.2, -0.15) is 0 Å². The van der Waals surface area contributed by atoms with E-state index in [4.69, 9.17) is 19.7 Å². The molecule has 1 heterocycles. The molecule has 0 saturated carbocycles. The van der Waals surface area contributed by atoms with Crippen LogP contribution in [0.15, 0.2) is 18.2 Å². The first kappa shape index (κ1) is 11.3. The zero-order chi connectivity index (χ0) is 12.4. The minimum Gasteiger partial charge on any atom is -0.481 e. The summed E-state index contributed by atoms with van der Waals surface area (Å²) in [6, 6.07) is 4.62. The van der Waals surface area contributed by atoms with Gasteiger partial charge in [-0.25, -0.2) is 0 Å². The molecular formula is C11H10O6. The maximum Gasteiger partial charge on any atom is 0.311 e. The molecule has 1 unspecified atom stereocenters. The van der Waals surface area contributed by atoms with Gasteiger partial charge in [-0.1, -0.05) is 6.07 Å². The molecule has 0 saturated heterocycles. The molecule has 2 N–H and O–H groups in total. The third-order valence-corrected chi connectivity index (χ3v) is 2.48. The van der Waals surface area contributed by atoms with Crippen molar-refractivity contribution >= 4 is 11.9 Å². The quantitative estimate of drug-likeness (QED) is 0.814. The number of carboxylic acid groups (broad SMARTS) is 2. The molecule has 1 aromatic carbocycles. The lowest BCUT2D eigenvalue weighted by Crippen LogP contribution is -2.15. The van der Waals surface area contributed by atoms with E-state index in [1.54, 1.807) is 6.07 Å². The predicted octanol–water partition coefficient (Wildman–Crippen LogP) is 1.06. The van der Waals surface area contributed by atoms with Crippen molar-refractivity contribution in [3.05, 3.63) is 23.8 Å². The van der Waals surface area contributed by atoms with Crippen molar-refractivity contribution < 1.29 is 29.3 Å². The van der Waals surface area contributed by atoms with Crippen molar-refractivity contribution in [2.24, 2.45) is 0 Å². The van der Waals surface area contributed by atoms with Crippen molar-refractivity contribution in [3.8, 4) is 11.5 Å². The Morgan fingerprint density at radius 1 is 1.24 bits per heavy atom. The van der Waals surface area contributed by atoms with E-state index in [0.717, 1.165) is 0 Å². The molecule has 6 nitrogen and oxygen atoms in total. The minimum absolute atomic E-state index is 0.0927. The molecule has 2 rings (SSSR count). The first-order valence-corrected chi connectivity index (χ1v) is 4.92. The zero-order valence-corrected chi connectivity index (χ0v) is 8.75. The summed E-state index contributed by atoms with van der Waals surface area (Å²) < 4.78 is 10.2.